The average Bonchev–Trinajstić information content (AvgIpc) is 2.04. The van der Waals surface area contributed by atoms with Crippen molar-refractivity contribution < 1.29 is 85.2 Å². The molecule has 1 rings (SSSR count). The van der Waals surface area contributed by atoms with Gasteiger partial charge in [0.15, 0.2) is 0 Å². The molecule has 0 aliphatic heterocycles. The molecular weight excluding hydrogens is 338 g/mol. The third-order valence-corrected chi connectivity index (χ3v) is 1.39. The van der Waals surface area contributed by atoms with E-state index < -0.39 is 11.9 Å². The Kier molecular flexibility index (Phi) is 9.15. The van der Waals surface area contributed by atoms with E-state index >= 15 is 0 Å². The second-order valence-electron chi connectivity index (χ2n) is 2.16. The third kappa shape index (κ3) is 4.26. The minimum Gasteiger partial charge on any atom is -0.478 e. The van der Waals surface area contributed by atoms with Crippen LogP contribution >= 0.6 is 0 Å². The fourth-order valence-corrected chi connectivity index (χ4v) is 0.856. The Morgan fingerprint density at radius 3 is 1.36 bits per heavy atom. The number of aromatic carboxylic acids is 2. The van der Waals surface area contributed by atoms with E-state index in [1.807, 2.05) is 0 Å². The molecule has 0 aromatic heterocycles. The van der Waals surface area contributed by atoms with Crippen molar-refractivity contribution in [1.82, 2.24) is 0 Å². The Labute approximate surface area is 131 Å². The maximum absolute atomic E-state index is 10.5. The van der Waals surface area contributed by atoms with E-state index in [2.05, 4.69) is 0 Å². The van der Waals surface area contributed by atoms with E-state index in [4.69, 9.17) is 10.2 Å². The summed E-state index contributed by atoms with van der Waals surface area (Å²) in [5.41, 5.74) is -0.380. The standard InChI is InChI=1S/C8H6O4.2Y/c9-7(10)5-3-1-2-4-6(5)8(11)12;;/h1-4H,(H,9,10)(H,11,12);;. The molecule has 0 amide bonds. The molecule has 0 aliphatic rings. The molecule has 4 nitrogen and oxygen atoms in total. The minimum absolute atomic E-state index is 0. The van der Waals surface area contributed by atoms with E-state index in [0.717, 1.165) is 0 Å². The summed E-state index contributed by atoms with van der Waals surface area (Å²) in [5.74, 6) is -2.46. The van der Waals surface area contributed by atoms with Crippen molar-refractivity contribution in [2.45, 2.75) is 0 Å². The Bertz CT molecular complexity index is 305. The third-order valence-electron chi connectivity index (χ3n) is 1.39. The van der Waals surface area contributed by atoms with Gasteiger partial charge in [-0.15, -0.1) is 0 Å². The number of carboxylic acid groups (broad SMARTS) is 2. The van der Waals surface area contributed by atoms with Crippen molar-refractivity contribution in [3.63, 3.8) is 0 Å². The van der Waals surface area contributed by atoms with Gasteiger partial charge in [-0.1, -0.05) is 12.1 Å². The quantitative estimate of drug-likeness (QED) is 0.842. The van der Waals surface area contributed by atoms with Gasteiger partial charge < -0.3 is 10.2 Å². The summed E-state index contributed by atoms with van der Waals surface area (Å²) in [6.45, 7) is 0. The van der Waals surface area contributed by atoms with Crippen LogP contribution < -0.4 is 0 Å². The molecule has 0 unspecified atom stereocenters. The molecule has 2 N–H and O–H groups in total. The van der Waals surface area contributed by atoms with Gasteiger partial charge in [0.2, 0.25) is 0 Å². The van der Waals surface area contributed by atoms with Gasteiger partial charge in [-0.2, -0.15) is 0 Å². The van der Waals surface area contributed by atoms with Gasteiger partial charge in [0.05, 0.1) is 11.1 Å². The van der Waals surface area contributed by atoms with Gasteiger partial charge >= 0.3 is 11.9 Å². The summed E-state index contributed by atoms with van der Waals surface area (Å²) in [7, 11) is 0. The van der Waals surface area contributed by atoms with E-state index in [0.29, 0.717) is 0 Å². The molecule has 0 saturated carbocycles. The van der Waals surface area contributed by atoms with Crippen LogP contribution in [-0.2, 0) is 65.4 Å². The summed E-state index contributed by atoms with van der Waals surface area (Å²) in [4.78, 5) is 20.9. The molecule has 0 spiro atoms. The van der Waals surface area contributed by atoms with Crippen LogP contribution in [0.4, 0.5) is 0 Å². The minimum atomic E-state index is -1.23. The van der Waals surface area contributed by atoms with E-state index in [1.54, 1.807) is 0 Å². The molecule has 2 radical (unpaired) electrons. The fourth-order valence-electron chi connectivity index (χ4n) is 0.856. The molecule has 14 heavy (non-hydrogen) atoms. The zero-order chi connectivity index (χ0) is 9.14. The van der Waals surface area contributed by atoms with Crippen molar-refractivity contribution in [1.29, 1.82) is 0 Å². The first-order chi connectivity index (χ1) is 5.63. The second kappa shape index (κ2) is 7.63. The zero-order valence-corrected chi connectivity index (χ0v) is 12.9. The molecule has 0 bridgehead atoms. The molecule has 0 fully saturated rings. The topological polar surface area (TPSA) is 74.6 Å². The summed E-state index contributed by atoms with van der Waals surface area (Å²) >= 11 is 0. The monoisotopic (exact) mass is 344 g/mol. The van der Waals surface area contributed by atoms with E-state index in [9.17, 15) is 9.59 Å². The van der Waals surface area contributed by atoms with E-state index in [1.165, 1.54) is 24.3 Å². The Balaban J connectivity index is 0. The smallest absolute Gasteiger partial charge is 0.336 e. The maximum atomic E-state index is 10.5. The molecule has 0 heterocycles. The molecule has 68 valence electrons. The predicted octanol–water partition coefficient (Wildman–Crippen LogP) is 1.08. The molecule has 0 atom stereocenters. The van der Waals surface area contributed by atoms with Crippen molar-refractivity contribution in [3.8, 4) is 0 Å². The summed E-state index contributed by atoms with van der Waals surface area (Å²) < 4.78 is 0. The van der Waals surface area contributed by atoms with Crippen LogP contribution in [0.25, 0.3) is 0 Å². The summed E-state index contributed by atoms with van der Waals surface area (Å²) in [6, 6.07) is 5.48. The number of hydrogen-bond acceptors (Lipinski definition) is 2. The SMILES string of the molecule is O=C(O)c1ccccc1C(=O)O.[Y].[Y]. The first kappa shape index (κ1) is 16.8. The molecule has 6 heteroatoms. The van der Waals surface area contributed by atoms with Crippen LogP contribution in [0.15, 0.2) is 24.3 Å². The molecule has 1 aromatic rings. The second-order valence-corrected chi connectivity index (χ2v) is 2.16. The van der Waals surface area contributed by atoms with Crippen molar-refractivity contribution in [2.75, 3.05) is 0 Å². The van der Waals surface area contributed by atoms with Crippen LogP contribution in [0.2, 0.25) is 0 Å². The van der Waals surface area contributed by atoms with Gasteiger partial charge in [-0.05, 0) is 12.1 Å². The largest absolute Gasteiger partial charge is 0.478 e. The van der Waals surface area contributed by atoms with Gasteiger partial charge in [0.25, 0.3) is 0 Å². The predicted molar refractivity (Wildman–Crippen MR) is 40.4 cm³/mol. The molecule has 0 aliphatic carbocycles. The van der Waals surface area contributed by atoms with Gasteiger partial charge in [-0.25, -0.2) is 9.59 Å². The maximum Gasteiger partial charge on any atom is 0.336 e. The number of rotatable bonds is 2. The number of hydrogen-bond donors (Lipinski definition) is 2. The van der Waals surface area contributed by atoms with Crippen LogP contribution in [0, 0.1) is 0 Å². The molecular formula is C8H6O4Y2. The van der Waals surface area contributed by atoms with Crippen molar-refractivity contribution in [2.24, 2.45) is 0 Å². The Morgan fingerprint density at radius 1 is 0.857 bits per heavy atom. The number of carbonyl (C=O) groups is 2. The normalized spacial score (nSPS) is 8.00. The van der Waals surface area contributed by atoms with Crippen LogP contribution in [0.1, 0.15) is 20.7 Å². The number of benzene rings is 1. The van der Waals surface area contributed by atoms with E-state index in [-0.39, 0.29) is 76.5 Å². The fraction of sp³-hybridized carbons (Fsp3) is 0. The van der Waals surface area contributed by atoms with Gasteiger partial charge in [0.1, 0.15) is 0 Å². The first-order valence-corrected chi connectivity index (χ1v) is 3.18. The summed E-state index contributed by atoms with van der Waals surface area (Å²) in [6.07, 6.45) is 0. The first-order valence-electron chi connectivity index (χ1n) is 3.18. The zero-order valence-electron chi connectivity index (χ0n) is 7.18. The Hall–Kier alpha value is 0.368. The van der Waals surface area contributed by atoms with Crippen LogP contribution in [0.5, 0.6) is 0 Å². The van der Waals surface area contributed by atoms with Gasteiger partial charge in [-0.3, -0.25) is 0 Å². The Morgan fingerprint density at radius 2 is 1.14 bits per heavy atom. The summed E-state index contributed by atoms with van der Waals surface area (Å²) in [5, 5.41) is 17.1. The van der Waals surface area contributed by atoms with Gasteiger partial charge in [0, 0.05) is 65.4 Å². The van der Waals surface area contributed by atoms with Crippen molar-refractivity contribution in [3.05, 3.63) is 35.4 Å². The molecule has 1 aromatic carbocycles. The van der Waals surface area contributed by atoms with Crippen LogP contribution in [0.3, 0.4) is 0 Å². The van der Waals surface area contributed by atoms with Crippen molar-refractivity contribution >= 4 is 11.9 Å². The number of carboxylic acids is 2. The van der Waals surface area contributed by atoms with Crippen LogP contribution in [-0.4, -0.2) is 22.2 Å². The molecule has 0 saturated heterocycles. The average molecular weight is 344 g/mol.